The number of hydrogen-bond donors (Lipinski definition) is 0. The van der Waals surface area contributed by atoms with Crippen molar-refractivity contribution in [1.82, 2.24) is 19.8 Å². The monoisotopic (exact) mass is 292 g/mol. The van der Waals surface area contributed by atoms with Crippen LogP contribution in [0.25, 0.3) is 6.08 Å². The molecular weight excluding hydrogens is 276 g/mol. The average molecular weight is 292 g/mol. The Kier molecular flexibility index (Phi) is 5.47. The van der Waals surface area contributed by atoms with Gasteiger partial charge in [-0.3, -0.25) is 14.9 Å². The van der Waals surface area contributed by atoms with E-state index < -0.39 is 10.6 Å². The van der Waals surface area contributed by atoms with E-state index in [1.165, 1.54) is 12.4 Å². The van der Waals surface area contributed by atoms with E-state index in [0.29, 0.717) is 6.29 Å². The van der Waals surface area contributed by atoms with Crippen LogP contribution in [-0.2, 0) is 0 Å². The molecule has 21 heavy (non-hydrogen) atoms. The van der Waals surface area contributed by atoms with Crippen molar-refractivity contribution in [3.8, 4) is 0 Å². The molecule has 0 aromatic carbocycles. The molecule has 0 aliphatic heterocycles. The van der Waals surface area contributed by atoms with Gasteiger partial charge in [0.05, 0.1) is 11.3 Å². The molecule has 0 fully saturated rings. The van der Waals surface area contributed by atoms with Crippen molar-refractivity contribution in [1.29, 1.82) is 0 Å². The van der Waals surface area contributed by atoms with Crippen molar-refractivity contribution in [3.05, 3.63) is 27.7 Å². The maximum Gasteiger partial charge on any atom is 0.323 e. The van der Waals surface area contributed by atoms with Crippen LogP contribution in [0.3, 0.4) is 0 Å². The molecule has 0 amide bonds. The van der Waals surface area contributed by atoms with E-state index >= 15 is 0 Å². The van der Waals surface area contributed by atoms with Crippen molar-refractivity contribution in [2.45, 2.75) is 0 Å². The number of carbonyl (C=O) groups excluding carboxylic acids is 1. The first kappa shape index (κ1) is 16.2. The van der Waals surface area contributed by atoms with Crippen molar-refractivity contribution in [2.75, 3.05) is 28.2 Å². The van der Waals surface area contributed by atoms with Crippen LogP contribution in [0.2, 0.25) is 0 Å². The molecule has 0 saturated heterocycles. The summed E-state index contributed by atoms with van der Waals surface area (Å²) in [6, 6.07) is 0. The Morgan fingerprint density at radius 3 is 2.24 bits per heavy atom. The lowest BCUT2D eigenvalue weighted by atomic mass is 10.2. The molecule has 1 aromatic heterocycles. The first-order valence-corrected chi connectivity index (χ1v) is 5.92. The molecule has 1 rings (SSSR count). The summed E-state index contributed by atoms with van der Waals surface area (Å²) < 4.78 is 0. The predicted octanol–water partition coefficient (Wildman–Crippen LogP) is 0.951. The van der Waals surface area contributed by atoms with E-state index in [-0.39, 0.29) is 17.3 Å². The smallest absolute Gasteiger partial charge is 0.323 e. The summed E-state index contributed by atoms with van der Waals surface area (Å²) in [6.45, 7) is 0. The predicted molar refractivity (Wildman–Crippen MR) is 78.6 cm³/mol. The van der Waals surface area contributed by atoms with Gasteiger partial charge in [0.2, 0.25) is 0 Å². The molecule has 1 heterocycles. The highest BCUT2D eigenvalue weighted by molar-refractivity contribution is 5.82. The molecule has 0 saturated carbocycles. The van der Waals surface area contributed by atoms with Gasteiger partial charge in [-0.2, -0.15) is 0 Å². The van der Waals surface area contributed by atoms with Crippen LogP contribution in [0.5, 0.6) is 0 Å². The second kappa shape index (κ2) is 7.08. The van der Waals surface area contributed by atoms with Gasteiger partial charge in [0.1, 0.15) is 5.69 Å². The molecule has 0 radical (unpaired) electrons. The zero-order chi connectivity index (χ0) is 16.0. The third-order valence-corrected chi connectivity index (χ3v) is 2.16. The standard InChI is InChI=1S/C12H16N6O3/c1-16(2)6-5-9-11(18(20)21)10(7-19)15-12(14-9)13-8-17(3)4/h5-8H,1-4H3. The SMILES string of the molecule is CN(C)C=Cc1nc(N=CN(C)C)nc(C=O)c1[N+](=O)[O-]. The summed E-state index contributed by atoms with van der Waals surface area (Å²) in [7, 11) is 7.02. The molecule has 9 heteroatoms. The van der Waals surface area contributed by atoms with Gasteiger partial charge in [-0.1, -0.05) is 0 Å². The first-order chi connectivity index (χ1) is 9.85. The van der Waals surface area contributed by atoms with Gasteiger partial charge >= 0.3 is 5.69 Å². The Morgan fingerprint density at radius 2 is 1.76 bits per heavy atom. The largest absolute Gasteiger partial charge is 0.383 e. The number of aromatic nitrogens is 2. The van der Waals surface area contributed by atoms with E-state index in [4.69, 9.17) is 0 Å². The molecule has 0 unspecified atom stereocenters. The fraction of sp³-hybridized carbons (Fsp3) is 0.333. The van der Waals surface area contributed by atoms with E-state index in [1.807, 2.05) is 0 Å². The molecule has 0 aliphatic carbocycles. The highest BCUT2D eigenvalue weighted by Crippen LogP contribution is 2.23. The fourth-order valence-corrected chi connectivity index (χ4v) is 1.31. The van der Waals surface area contributed by atoms with Gasteiger partial charge in [-0.25, -0.2) is 15.0 Å². The number of carbonyl (C=O) groups is 1. The van der Waals surface area contributed by atoms with Gasteiger partial charge < -0.3 is 9.80 Å². The minimum absolute atomic E-state index is 0.0187. The average Bonchev–Trinajstić information content (AvgIpc) is 2.41. The summed E-state index contributed by atoms with van der Waals surface area (Å²) >= 11 is 0. The Bertz CT molecular complexity index is 595. The lowest BCUT2D eigenvalue weighted by Gasteiger charge is -2.05. The first-order valence-electron chi connectivity index (χ1n) is 5.92. The van der Waals surface area contributed by atoms with E-state index in [1.54, 1.807) is 44.2 Å². The van der Waals surface area contributed by atoms with Crippen LogP contribution in [0.1, 0.15) is 16.2 Å². The minimum atomic E-state index is -0.682. The van der Waals surface area contributed by atoms with Gasteiger partial charge in [0.15, 0.2) is 12.0 Å². The van der Waals surface area contributed by atoms with Gasteiger partial charge in [-0.05, 0) is 6.08 Å². The molecule has 0 bridgehead atoms. The maximum absolute atomic E-state index is 11.1. The van der Waals surface area contributed by atoms with Crippen molar-refractivity contribution in [3.63, 3.8) is 0 Å². The van der Waals surface area contributed by atoms with Crippen LogP contribution in [-0.4, -0.2) is 65.5 Å². The molecular formula is C12H16N6O3. The van der Waals surface area contributed by atoms with Crippen LogP contribution in [0.4, 0.5) is 11.6 Å². The quantitative estimate of drug-likeness (QED) is 0.253. The van der Waals surface area contributed by atoms with Gasteiger partial charge in [0, 0.05) is 34.4 Å². The fourth-order valence-electron chi connectivity index (χ4n) is 1.31. The molecule has 1 aromatic rings. The molecule has 0 atom stereocenters. The number of hydrogen-bond acceptors (Lipinski definition) is 7. The Balaban J connectivity index is 3.44. The highest BCUT2D eigenvalue weighted by Gasteiger charge is 2.22. The highest BCUT2D eigenvalue weighted by atomic mass is 16.6. The van der Waals surface area contributed by atoms with E-state index in [0.717, 1.165) is 0 Å². The van der Waals surface area contributed by atoms with Crippen LogP contribution in [0.15, 0.2) is 11.2 Å². The summed E-state index contributed by atoms with van der Waals surface area (Å²) in [6.07, 6.45) is 4.78. The van der Waals surface area contributed by atoms with Crippen LogP contribution >= 0.6 is 0 Å². The molecule has 0 spiro atoms. The Labute approximate surface area is 121 Å². The molecule has 0 N–H and O–H groups in total. The third kappa shape index (κ3) is 4.64. The molecule has 9 nitrogen and oxygen atoms in total. The normalized spacial score (nSPS) is 11.0. The summed E-state index contributed by atoms with van der Waals surface area (Å²) in [5.41, 5.74) is -0.720. The van der Waals surface area contributed by atoms with Gasteiger partial charge in [-0.15, -0.1) is 0 Å². The number of nitrogens with zero attached hydrogens (tertiary/aromatic N) is 6. The zero-order valence-electron chi connectivity index (χ0n) is 12.2. The topological polar surface area (TPSA) is 105 Å². The third-order valence-electron chi connectivity index (χ3n) is 2.16. The zero-order valence-corrected chi connectivity index (χ0v) is 12.2. The lowest BCUT2D eigenvalue weighted by molar-refractivity contribution is -0.385. The number of aliphatic imine (C=N–C) groups is 1. The minimum Gasteiger partial charge on any atom is -0.383 e. The maximum atomic E-state index is 11.1. The van der Waals surface area contributed by atoms with Gasteiger partial charge in [0.25, 0.3) is 5.95 Å². The Morgan fingerprint density at radius 1 is 1.14 bits per heavy atom. The van der Waals surface area contributed by atoms with E-state index in [2.05, 4.69) is 15.0 Å². The van der Waals surface area contributed by atoms with Crippen molar-refractivity contribution < 1.29 is 9.72 Å². The van der Waals surface area contributed by atoms with Crippen LogP contribution in [0, 0.1) is 10.1 Å². The number of rotatable bonds is 6. The molecule has 0 aliphatic rings. The summed E-state index contributed by atoms with van der Waals surface area (Å²) in [4.78, 5) is 36.5. The van der Waals surface area contributed by atoms with Crippen molar-refractivity contribution in [2.24, 2.45) is 4.99 Å². The van der Waals surface area contributed by atoms with Crippen LogP contribution < -0.4 is 0 Å². The molecule has 112 valence electrons. The second-order valence-corrected chi connectivity index (χ2v) is 4.51. The summed E-state index contributed by atoms with van der Waals surface area (Å²) in [5, 5.41) is 11.1. The lowest BCUT2D eigenvalue weighted by Crippen LogP contribution is -2.08. The second-order valence-electron chi connectivity index (χ2n) is 4.51. The Hall–Kier alpha value is -2.84. The number of aldehydes is 1. The van der Waals surface area contributed by atoms with Crippen molar-refractivity contribution >= 4 is 30.3 Å². The summed E-state index contributed by atoms with van der Waals surface area (Å²) in [5.74, 6) is -0.0187. The van der Waals surface area contributed by atoms with E-state index in [9.17, 15) is 14.9 Å². The number of nitro groups is 1.